The van der Waals surface area contributed by atoms with Gasteiger partial charge in [-0.3, -0.25) is 0 Å². The Kier molecular flexibility index (Phi) is 3.85. The molecule has 0 aliphatic carbocycles. The molecule has 5 heteroatoms. The molecule has 0 aliphatic heterocycles. The first kappa shape index (κ1) is 13.5. The highest BCUT2D eigenvalue weighted by molar-refractivity contribution is 5.36. The lowest BCUT2D eigenvalue weighted by atomic mass is 10.1. The number of hydrogen-bond acceptors (Lipinski definition) is 4. The van der Waals surface area contributed by atoms with Crippen molar-refractivity contribution in [2.24, 2.45) is 5.73 Å². The molecule has 1 aromatic heterocycles. The standard InChI is InChI=1S/C14H17FN2O2/c1-8(16)12-5-4-11(15)6-14(12)18-7-13-9(2)17-19-10(13)3/h4-6,8H,7,16H2,1-3H3/t8-/m0/s1. The number of benzene rings is 1. The van der Waals surface area contributed by atoms with E-state index in [2.05, 4.69) is 5.16 Å². The maximum atomic E-state index is 13.3. The summed E-state index contributed by atoms with van der Waals surface area (Å²) in [7, 11) is 0. The van der Waals surface area contributed by atoms with E-state index in [9.17, 15) is 4.39 Å². The van der Waals surface area contributed by atoms with E-state index in [-0.39, 0.29) is 18.5 Å². The molecular formula is C14H17FN2O2. The predicted octanol–water partition coefficient (Wildman–Crippen LogP) is 3.03. The molecule has 1 heterocycles. The summed E-state index contributed by atoms with van der Waals surface area (Å²) < 4.78 is 24.0. The number of nitrogens with two attached hydrogens (primary N) is 1. The van der Waals surface area contributed by atoms with Gasteiger partial charge >= 0.3 is 0 Å². The number of rotatable bonds is 4. The second kappa shape index (κ2) is 5.40. The first-order chi connectivity index (χ1) is 8.99. The molecule has 0 radical (unpaired) electrons. The first-order valence-electron chi connectivity index (χ1n) is 6.08. The van der Waals surface area contributed by atoms with E-state index in [0.29, 0.717) is 11.5 Å². The largest absolute Gasteiger partial charge is 0.488 e. The zero-order valence-electron chi connectivity index (χ0n) is 11.2. The lowest BCUT2D eigenvalue weighted by Gasteiger charge is -2.14. The normalized spacial score (nSPS) is 12.5. The number of aromatic nitrogens is 1. The van der Waals surface area contributed by atoms with Gasteiger partial charge in [-0.15, -0.1) is 0 Å². The SMILES string of the molecule is Cc1noc(C)c1COc1cc(F)ccc1[C@H](C)N. The van der Waals surface area contributed by atoms with Crippen LogP contribution in [0.15, 0.2) is 22.7 Å². The van der Waals surface area contributed by atoms with Crippen molar-refractivity contribution in [3.05, 3.63) is 46.6 Å². The fraction of sp³-hybridized carbons (Fsp3) is 0.357. The second-order valence-electron chi connectivity index (χ2n) is 4.56. The van der Waals surface area contributed by atoms with E-state index in [1.807, 2.05) is 20.8 Å². The van der Waals surface area contributed by atoms with E-state index in [0.717, 1.165) is 16.8 Å². The fourth-order valence-electron chi connectivity index (χ4n) is 1.87. The Balaban J connectivity index is 2.22. The molecule has 0 aliphatic rings. The predicted molar refractivity (Wildman–Crippen MR) is 69.3 cm³/mol. The lowest BCUT2D eigenvalue weighted by molar-refractivity contribution is 0.295. The van der Waals surface area contributed by atoms with E-state index in [4.69, 9.17) is 15.0 Å². The van der Waals surface area contributed by atoms with Crippen LogP contribution in [0.1, 0.15) is 35.5 Å². The third kappa shape index (κ3) is 2.93. The molecule has 19 heavy (non-hydrogen) atoms. The average Bonchev–Trinajstić information content (AvgIpc) is 2.66. The highest BCUT2D eigenvalue weighted by Gasteiger charge is 2.13. The molecule has 0 spiro atoms. The van der Waals surface area contributed by atoms with Crippen molar-refractivity contribution < 1.29 is 13.7 Å². The second-order valence-corrected chi connectivity index (χ2v) is 4.56. The Bertz CT molecular complexity index is 559. The number of aryl methyl sites for hydroxylation is 2. The maximum absolute atomic E-state index is 13.3. The summed E-state index contributed by atoms with van der Waals surface area (Å²) in [5.74, 6) is 0.810. The van der Waals surface area contributed by atoms with E-state index in [1.165, 1.54) is 12.1 Å². The molecule has 1 atom stereocenters. The van der Waals surface area contributed by atoms with Gasteiger partial charge in [-0.05, 0) is 26.8 Å². The van der Waals surface area contributed by atoms with Crippen molar-refractivity contribution in [1.82, 2.24) is 5.16 Å². The highest BCUT2D eigenvalue weighted by Crippen LogP contribution is 2.26. The third-order valence-corrected chi connectivity index (χ3v) is 3.02. The van der Waals surface area contributed by atoms with Crippen LogP contribution in [0.25, 0.3) is 0 Å². The molecule has 102 valence electrons. The number of ether oxygens (including phenoxy) is 1. The van der Waals surface area contributed by atoms with Gasteiger partial charge in [0.2, 0.25) is 0 Å². The van der Waals surface area contributed by atoms with Crippen molar-refractivity contribution in [3.63, 3.8) is 0 Å². The maximum Gasteiger partial charge on any atom is 0.140 e. The molecule has 0 bridgehead atoms. The highest BCUT2D eigenvalue weighted by atomic mass is 19.1. The van der Waals surface area contributed by atoms with Crippen LogP contribution >= 0.6 is 0 Å². The number of hydrogen-bond donors (Lipinski definition) is 1. The van der Waals surface area contributed by atoms with E-state index in [1.54, 1.807) is 6.07 Å². The van der Waals surface area contributed by atoms with Gasteiger partial charge in [0.1, 0.15) is 23.9 Å². The molecule has 2 rings (SSSR count). The van der Waals surface area contributed by atoms with Gasteiger partial charge in [0.05, 0.1) is 11.3 Å². The monoisotopic (exact) mass is 264 g/mol. The minimum absolute atomic E-state index is 0.222. The van der Waals surface area contributed by atoms with Crippen LogP contribution in [0.3, 0.4) is 0 Å². The van der Waals surface area contributed by atoms with Crippen molar-refractivity contribution in [2.45, 2.75) is 33.4 Å². The zero-order chi connectivity index (χ0) is 14.0. The number of nitrogens with zero attached hydrogens (tertiary/aromatic N) is 1. The Morgan fingerprint density at radius 2 is 2.16 bits per heavy atom. The lowest BCUT2D eigenvalue weighted by Crippen LogP contribution is -2.08. The van der Waals surface area contributed by atoms with Gasteiger partial charge in [0.15, 0.2) is 0 Å². The molecular weight excluding hydrogens is 247 g/mol. The smallest absolute Gasteiger partial charge is 0.140 e. The summed E-state index contributed by atoms with van der Waals surface area (Å²) >= 11 is 0. The van der Waals surface area contributed by atoms with Crippen LogP contribution in [0.2, 0.25) is 0 Å². The minimum Gasteiger partial charge on any atom is -0.488 e. The van der Waals surface area contributed by atoms with Gasteiger partial charge in [-0.1, -0.05) is 11.2 Å². The Morgan fingerprint density at radius 1 is 1.42 bits per heavy atom. The van der Waals surface area contributed by atoms with Crippen molar-refractivity contribution in [1.29, 1.82) is 0 Å². The van der Waals surface area contributed by atoms with E-state index < -0.39 is 0 Å². The van der Waals surface area contributed by atoms with Crippen molar-refractivity contribution in [2.75, 3.05) is 0 Å². The summed E-state index contributed by atoms with van der Waals surface area (Å²) in [4.78, 5) is 0. The molecule has 0 saturated carbocycles. The topological polar surface area (TPSA) is 61.3 Å². The fourth-order valence-corrected chi connectivity index (χ4v) is 1.87. The first-order valence-corrected chi connectivity index (χ1v) is 6.08. The Labute approximate surface area is 111 Å². The third-order valence-electron chi connectivity index (χ3n) is 3.02. The summed E-state index contributed by atoms with van der Waals surface area (Å²) in [6.45, 7) is 5.77. The van der Waals surface area contributed by atoms with Gasteiger partial charge in [0.25, 0.3) is 0 Å². The Morgan fingerprint density at radius 3 is 2.74 bits per heavy atom. The van der Waals surface area contributed by atoms with Crippen LogP contribution in [0.5, 0.6) is 5.75 Å². The van der Waals surface area contributed by atoms with Crippen molar-refractivity contribution in [3.8, 4) is 5.75 Å². The van der Waals surface area contributed by atoms with E-state index >= 15 is 0 Å². The van der Waals surface area contributed by atoms with Gasteiger partial charge in [-0.25, -0.2) is 4.39 Å². The van der Waals surface area contributed by atoms with Crippen LogP contribution < -0.4 is 10.5 Å². The zero-order valence-corrected chi connectivity index (χ0v) is 11.2. The number of halogens is 1. The molecule has 0 fully saturated rings. The van der Waals surface area contributed by atoms with Gasteiger partial charge in [0, 0.05) is 17.7 Å². The quantitative estimate of drug-likeness (QED) is 0.922. The molecule has 0 unspecified atom stereocenters. The average molecular weight is 264 g/mol. The molecule has 2 N–H and O–H groups in total. The van der Waals surface area contributed by atoms with Gasteiger partial charge in [-0.2, -0.15) is 0 Å². The molecule has 0 saturated heterocycles. The molecule has 1 aromatic carbocycles. The molecule has 0 amide bonds. The summed E-state index contributed by atoms with van der Waals surface area (Å²) in [5.41, 5.74) is 8.26. The Hall–Kier alpha value is -1.88. The minimum atomic E-state index is -0.349. The molecule has 2 aromatic rings. The van der Waals surface area contributed by atoms with Crippen LogP contribution in [-0.4, -0.2) is 5.16 Å². The van der Waals surface area contributed by atoms with Crippen LogP contribution in [-0.2, 0) is 6.61 Å². The van der Waals surface area contributed by atoms with Gasteiger partial charge < -0.3 is 15.0 Å². The summed E-state index contributed by atoms with van der Waals surface area (Å²) in [6, 6.07) is 4.14. The van der Waals surface area contributed by atoms with Crippen molar-refractivity contribution >= 4 is 0 Å². The van der Waals surface area contributed by atoms with Crippen LogP contribution in [0.4, 0.5) is 4.39 Å². The summed E-state index contributed by atoms with van der Waals surface area (Å²) in [5, 5.41) is 3.85. The molecule has 4 nitrogen and oxygen atoms in total. The van der Waals surface area contributed by atoms with Crippen LogP contribution in [0, 0.1) is 19.7 Å². The summed E-state index contributed by atoms with van der Waals surface area (Å²) in [6.07, 6.45) is 0.